The summed E-state index contributed by atoms with van der Waals surface area (Å²) >= 11 is 0. The Morgan fingerprint density at radius 1 is 1.29 bits per heavy atom. The first kappa shape index (κ1) is 22.9. The average Bonchev–Trinajstić information content (AvgIpc) is 3.31. The summed E-state index contributed by atoms with van der Waals surface area (Å²) in [6, 6.07) is 7.71. The topological polar surface area (TPSA) is 99.5 Å². The van der Waals surface area contributed by atoms with Crippen LogP contribution in [0.4, 0.5) is 4.39 Å². The van der Waals surface area contributed by atoms with Crippen LogP contribution in [0, 0.1) is 0 Å². The fourth-order valence-corrected chi connectivity index (χ4v) is 3.99. The molecule has 2 amide bonds. The van der Waals surface area contributed by atoms with Crippen LogP contribution in [0.25, 0.3) is 11.3 Å². The SMILES string of the molecule is CNC(C(=O)N1C[C@H](O)C[C@H]1C(=O)NCc1ccc(-c2ccnn2C)cc1)C(C)(C)F. The molecule has 9 heteroatoms. The number of benzene rings is 1. The number of hydrogen-bond acceptors (Lipinski definition) is 5. The number of amides is 2. The second kappa shape index (κ2) is 9.15. The lowest BCUT2D eigenvalue weighted by Gasteiger charge is -2.32. The minimum Gasteiger partial charge on any atom is -0.391 e. The van der Waals surface area contributed by atoms with Crippen molar-refractivity contribution < 1.29 is 19.1 Å². The van der Waals surface area contributed by atoms with E-state index in [4.69, 9.17) is 0 Å². The molecular formula is C22H30FN5O3. The van der Waals surface area contributed by atoms with Crippen LogP contribution in [0.3, 0.4) is 0 Å². The average molecular weight is 432 g/mol. The molecule has 2 heterocycles. The number of rotatable bonds is 7. The lowest BCUT2D eigenvalue weighted by atomic mass is 9.99. The number of aliphatic hydroxyl groups excluding tert-OH is 1. The Hall–Kier alpha value is -2.78. The third-order valence-electron chi connectivity index (χ3n) is 5.62. The van der Waals surface area contributed by atoms with Gasteiger partial charge < -0.3 is 20.6 Å². The third kappa shape index (κ3) is 5.11. The number of likely N-dealkylation sites (tertiary alicyclic amines) is 1. The number of aryl methyl sites for hydroxylation is 1. The number of halogens is 1. The summed E-state index contributed by atoms with van der Waals surface area (Å²) in [6.07, 6.45) is 1.04. The standard InChI is InChI=1S/C22H30FN5O3/c1-22(2,23)19(24-3)21(31)28-13-16(29)11-18(28)20(30)25-12-14-5-7-15(8-6-14)17-9-10-26-27(17)4/h5-10,16,18-19,24,29H,11-13H2,1-4H3,(H,25,30)/t16-,18+,19?/m1/s1. The van der Waals surface area contributed by atoms with Gasteiger partial charge in [-0.3, -0.25) is 14.3 Å². The number of aromatic nitrogens is 2. The highest BCUT2D eigenvalue weighted by molar-refractivity contribution is 5.91. The Morgan fingerprint density at radius 2 is 1.97 bits per heavy atom. The minimum absolute atomic E-state index is 0.00454. The van der Waals surface area contributed by atoms with Gasteiger partial charge in [-0.1, -0.05) is 24.3 Å². The highest BCUT2D eigenvalue weighted by Gasteiger charge is 2.44. The Morgan fingerprint density at radius 3 is 2.52 bits per heavy atom. The summed E-state index contributed by atoms with van der Waals surface area (Å²) in [7, 11) is 3.37. The van der Waals surface area contributed by atoms with Crippen molar-refractivity contribution in [2.75, 3.05) is 13.6 Å². The van der Waals surface area contributed by atoms with Crippen LogP contribution in [0.15, 0.2) is 36.5 Å². The molecule has 3 rings (SSSR count). The van der Waals surface area contributed by atoms with Crippen LogP contribution in [0.1, 0.15) is 25.8 Å². The van der Waals surface area contributed by atoms with Gasteiger partial charge in [0.25, 0.3) is 0 Å². The van der Waals surface area contributed by atoms with E-state index in [2.05, 4.69) is 15.7 Å². The zero-order valence-electron chi connectivity index (χ0n) is 18.3. The molecule has 0 bridgehead atoms. The molecule has 1 aliphatic rings. The van der Waals surface area contributed by atoms with E-state index in [1.165, 1.54) is 25.8 Å². The quantitative estimate of drug-likeness (QED) is 0.608. The van der Waals surface area contributed by atoms with Gasteiger partial charge in [0.05, 0.1) is 11.8 Å². The predicted molar refractivity (Wildman–Crippen MR) is 115 cm³/mol. The van der Waals surface area contributed by atoms with Crippen molar-refractivity contribution in [2.24, 2.45) is 7.05 Å². The highest BCUT2D eigenvalue weighted by Crippen LogP contribution is 2.24. The lowest BCUT2D eigenvalue weighted by molar-refractivity contribution is -0.142. The van der Waals surface area contributed by atoms with E-state index >= 15 is 0 Å². The molecule has 0 aliphatic carbocycles. The van der Waals surface area contributed by atoms with Gasteiger partial charge in [-0.05, 0) is 38.1 Å². The van der Waals surface area contributed by atoms with Gasteiger partial charge in [0.2, 0.25) is 11.8 Å². The normalized spacial score (nSPS) is 20.0. The molecule has 3 N–H and O–H groups in total. The molecule has 0 saturated carbocycles. The fraction of sp³-hybridized carbons (Fsp3) is 0.500. The zero-order valence-corrected chi connectivity index (χ0v) is 18.3. The van der Waals surface area contributed by atoms with Crippen molar-refractivity contribution >= 4 is 11.8 Å². The first-order valence-electron chi connectivity index (χ1n) is 10.3. The summed E-state index contributed by atoms with van der Waals surface area (Å²) in [4.78, 5) is 26.9. The number of likely N-dealkylation sites (N-methyl/N-ethyl adjacent to an activating group) is 1. The van der Waals surface area contributed by atoms with Gasteiger partial charge in [0.15, 0.2) is 0 Å². The lowest BCUT2D eigenvalue weighted by Crippen LogP contribution is -2.57. The number of carbonyl (C=O) groups excluding carboxylic acids is 2. The maximum absolute atomic E-state index is 14.4. The smallest absolute Gasteiger partial charge is 0.243 e. The first-order chi connectivity index (χ1) is 14.6. The van der Waals surface area contributed by atoms with Crippen LogP contribution < -0.4 is 10.6 Å². The molecule has 31 heavy (non-hydrogen) atoms. The van der Waals surface area contributed by atoms with Crippen LogP contribution in [0.2, 0.25) is 0 Å². The maximum Gasteiger partial charge on any atom is 0.243 e. The van der Waals surface area contributed by atoms with Crippen molar-refractivity contribution in [3.05, 3.63) is 42.1 Å². The summed E-state index contributed by atoms with van der Waals surface area (Å²) in [5.74, 6) is -0.903. The van der Waals surface area contributed by atoms with E-state index < -0.39 is 29.8 Å². The van der Waals surface area contributed by atoms with Gasteiger partial charge in [-0.25, -0.2) is 4.39 Å². The van der Waals surface area contributed by atoms with E-state index in [1.54, 1.807) is 10.9 Å². The molecule has 1 fully saturated rings. The third-order valence-corrected chi connectivity index (χ3v) is 5.62. The van der Waals surface area contributed by atoms with Crippen LogP contribution in [0.5, 0.6) is 0 Å². The molecule has 1 aromatic heterocycles. The molecule has 1 unspecified atom stereocenters. The summed E-state index contributed by atoms with van der Waals surface area (Å²) in [5.41, 5.74) is 1.08. The van der Waals surface area contributed by atoms with Crippen LogP contribution in [-0.2, 0) is 23.2 Å². The number of β-amino-alcohol motifs (C(OH)–C–C–N with tert-alkyl or cyclic N) is 1. The zero-order chi connectivity index (χ0) is 22.8. The van der Waals surface area contributed by atoms with E-state index in [0.29, 0.717) is 0 Å². The Labute approximate surface area is 181 Å². The van der Waals surface area contributed by atoms with Crippen LogP contribution in [-0.4, -0.2) is 69.1 Å². The number of nitrogens with zero attached hydrogens (tertiary/aromatic N) is 3. The highest BCUT2D eigenvalue weighted by atomic mass is 19.1. The molecule has 8 nitrogen and oxygen atoms in total. The number of aliphatic hydroxyl groups is 1. The van der Waals surface area contributed by atoms with Gasteiger partial charge >= 0.3 is 0 Å². The Balaban J connectivity index is 1.65. The fourth-order valence-electron chi connectivity index (χ4n) is 3.99. The molecule has 2 aromatic rings. The van der Waals surface area contributed by atoms with Gasteiger partial charge in [0.1, 0.15) is 17.8 Å². The van der Waals surface area contributed by atoms with Crippen molar-refractivity contribution in [2.45, 2.75) is 50.7 Å². The van der Waals surface area contributed by atoms with Crippen LogP contribution >= 0.6 is 0 Å². The molecule has 1 aromatic carbocycles. The van der Waals surface area contributed by atoms with Crippen molar-refractivity contribution in [3.63, 3.8) is 0 Å². The number of hydrogen-bond donors (Lipinski definition) is 3. The summed E-state index contributed by atoms with van der Waals surface area (Å²) in [6.45, 7) is 2.90. The van der Waals surface area contributed by atoms with E-state index in [1.807, 2.05) is 37.4 Å². The molecule has 0 radical (unpaired) electrons. The van der Waals surface area contributed by atoms with E-state index in [-0.39, 0.29) is 25.4 Å². The molecular weight excluding hydrogens is 401 g/mol. The second-order valence-electron chi connectivity index (χ2n) is 8.44. The van der Waals surface area contributed by atoms with E-state index in [0.717, 1.165) is 16.8 Å². The van der Waals surface area contributed by atoms with E-state index in [9.17, 15) is 19.1 Å². The van der Waals surface area contributed by atoms with Gasteiger partial charge in [-0.15, -0.1) is 0 Å². The Kier molecular flexibility index (Phi) is 6.76. The van der Waals surface area contributed by atoms with Gasteiger partial charge in [-0.2, -0.15) is 5.10 Å². The summed E-state index contributed by atoms with van der Waals surface area (Å²) in [5, 5.41) is 19.7. The first-order valence-corrected chi connectivity index (χ1v) is 10.3. The number of carbonyl (C=O) groups is 2. The van der Waals surface area contributed by atoms with Crippen molar-refractivity contribution in [3.8, 4) is 11.3 Å². The molecule has 1 aliphatic heterocycles. The van der Waals surface area contributed by atoms with Crippen molar-refractivity contribution in [1.29, 1.82) is 0 Å². The maximum atomic E-state index is 14.4. The van der Waals surface area contributed by atoms with Gasteiger partial charge in [0, 0.05) is 32.8 Å². The van der Waals surface area contributed by atoms with Crippen molar-refractivity contribution in [1.82, 2.24) is 25.3 Å². The number of alkyl halides is 1. The predicted octanol–water partition coefficient (Wildman–Crippen LogP) is 1.00. The molecule has 168 valence electrons. The minimum atomic E-state index is -1.81. The second-order valence-corrected chi connectivity index (χ2v) is 8.44. The molecule has 0 spiro atoms. The summed E-state index contributed by atoms with van der Waals surface area (Å²) < 4.78 is 16.2. The molecule has 1 saturated heterocycles. The monoisotopic (exact) mass is 431 g/mol. The Bertz CT molecular complexity index is 922. The molecule has 3 atom stereocenters. The number of nitrogens with one attached hydrogen (secondary N) is 2. The largest absolute Gasteiger partial charge is 0.391 e.